The van der Waals surface area contributed by atoms with E-state index in [0.29, 0.717) is 13.1 Å². The summed E-state index contributed by atoms with van der Waals surface area (Å²) in [7, 11) is -1.60. The number of nitrogens with one attached hydrogen (secondary N) is 1. The highest BCUT2D eigenvalue weighted by Crippen LogP contribution is 2.43. The van der Waals surface area contributed by atoms with E-state index in [0.717, 1.165) is 48.6 Å². The first-order valence-corrected chi connectivity index (χ1v) is 11.6. The third-order valence-corrected chi connectivity index (χ3v) is 7.68. The largest absolute Gasteiger partial charge is 0.497 e. The summed E-state index contributed by atoms with van der Waals surface area (Å²) < 4.78 is 30.8. The molecule has 0 radical (unpaired) electrons. The first kappa shape index (κ1) is 20.3. The van der Waals surface area contributed by atoms with Gasteiger partial charge in [-0.1, -0.05) is 0 Å². The SMILES string of the molecule is COc1ccc(-c2[nH]ncc2CN2CCC3(CO)CN(S(C)(=O)=O)CC3C2)cc1. The third kappa shape index (κ3) is 3.92. The fourth-order valence-electron chi connectivity index (χ4n) is 4.64. The number of likely N-dealkylation sites (tertiary alicyclic amines) is 1. The van der Waals surface area contributed by atoms with Crippen LogP contribution >= 0.6 is 0 Å². The molecule has 8 nitrogen and oxygen atoms in total. The maximum absolute atomic E-state index is 12.0. The van der Waals surface area contributed by atoms with Crippen molar-refractivity contribution >= 4 is 10.0 Å². The van der Waals surface area contributed by atoms with E-state index < -0.39 is 10.0 Å². The molecule has 0 bridgehead atoms. The van der Waals surface area contributed by atoms with Gasteiger partial charge in [0.05, 0.1) is 31.9 Å². The van der Waals surface area contributed by atoms with Gasteiger partial charge in [0.2, 0.25) is 10.0 Å². The first-order valence-electron chi connectivity index (χ1n) is 9.80. The van der Waals surface area contributed by atoms with Gasteiger partial charge in [-0.2, -0.15) is 5.10 Å². The number of rotatable bonds is 6. The third-order valence-electron chi connectivity index (χ3n) is 6.46. The van der Waals surface area contributed by atoms with Crippen molar-refractivity contribution in [3.63, 3.8) is 0 Å². The molecule has 0 spiro atoms. The summed E-state index contributed by atoms with van der Waals surface area (Å²) in [4.78, 5) is 2.34. The Kier molecular flexibility index (Phi) is 5.41. The summed E-state index contributed by atoms with van der Waals surface area (Å²) in [5, 5.41) is 17.4. The molecular weight excluding hydrogens is 392 g/mol. The molecular formula is C20H28N4O4S. The van der Waals surface area contributed by atoms with Crippen LogP contribution in [0.4, 0.5) is 0 Å². The lowest BCUT2D eigenvalue weighted by molar-refractivity contribution is 0.0171. The van der Waals surface area contributed by atoms with Crippen molar-refractivity contribution in [1.29, 1.82) is 0 Å². The quantitative estimate of drug-likeness (QED) is 0.728. The van der Waals surface area contributed by atoms with Crippen LogP contribution in [0, 0.1) is 11.3 Å². The number of aromatic nitrogens is 2. The number of sulfonamides is 1. The molecule has 0 amide bonds. The first-order chi connectivity index (χ1) is 13.8. The second-order valence-corrected chi connectivity index (χ2v) is 10.2. The minimum Gasteiger partial charge on any atom is -0.497 e. The summed E-state index contributed by atoms with van der Waals surface area (Å²) in [6.07, 6.45) is 3.89. The fourth-order valence-corrected chi connectivity index (χ4v) is 5.58. The van der Waals surface area contributed by atoms with Crippen LogP contribution in [0.3, 0.4) is 0 Å². The topological polar surface area (TPSA) is 98.8 Å². The van der Waals surface area contributed by atoms with Crippen LogP contribution < -0.4 is 4.74 Å². The highest BCUT2D eigenvalue weighted by Gasteiger charge is 2.51. The second kappa shape index (κ2) is 7.71. The van der Waals surface area contributed by atoms with Gasteiger partial charge < -0.3 is 9.84 Å². The highest BCUT2D eigenvalue weighted by atomic mass is 32.2. The molecule has 4 rings (SSSR count). The number of aliphatic hydroxyl groups excluding tert-OH is 1. The molecule has 2 N–H and O–H groups in total. The van der Waals surface area contributed by atoms with Crippen molar-refractivity contribution in [2.24, 2.45) is 11.3 Å². The van der Waals surface area contributed by atoms with E-state index in [2.05, 4.69) is 15.1 Å². The van der Waals surface area contributed by atoms with Gasteiger partial charge in [-0.15, -0.1) is 0 Å². The van der Waals surface area contributed by atoms with E-state index in [1.165, 1.54) is 10.6 Å². The van der Waals surface area contributed by atoms with Gasteiger partial charge >= 0.3 is 0 Å². The van der Waals surface area contributed by atoms with Gasteiger partial charge in [0.1, 0.15) is 5.75 Å². The van der Waals surface area contributed by atoms with Crippen molar-refractivity contribution in [3.8, 4) is 17.0 Å². The summed E-state index contributed by atoms with van der Waals surface area (Å²) in [5.74, 6) is 0.940. The van der Waals surface area contributed by atoms with E-state index >= 15 is 0 Å². The van der Waals surface area contributed by atoms with Crippen LogP contribution in [0.1, 0.15) is 12.0 Å². The van der Waals surface area contributed by atoms with E-state index in [1.807, 2.05) is 30.5 Å². The molecule has 0 aliphatic carbocycles. The number of nitrogens with zero attached hydrogens (tertiary/aromatic N) is 3. The van der Waals surface area contributed by atoms with Crippen molar-refractivity contribution in [2.45, 2.75) is 13.0 Å². The maximum Gasteiger partial charge on any atom is 0.211 e. The van der Waals surface area contributed by atoms with Crippen LogP contribution in [-0.4, -0.2) is 79.1 Å². The molecule has 29 heavy (non-hydrogen) atoms. The Morgan fingerprint density at radius 3 is 2.72 bits per heavy atom. The van der Waals surface area contributed by atoms with Crippen LogP contribution in [0.25, 0.3) is 11.3 Å². The second-order valence-electron chi connectivity index (χ2n) is 8.26. The molecule has 2 atom stereocenters. The highest BCUT2D eigenvalue weighted by molar-refractivity contribution is 7.88. The number of benzene rings is 1. The number of hydrogen-bond donors (Lipinski definition) is 2. The fraction of sp³-hybridized carbons (Fsp3) is 0.550. The van der Waals surface area contributed by atoms with Crippen LogP contribution in [0.5, 0.6) is 5.75 Å². The molecule has 158 valence electrons. The van der Waals surface area contributed by atoms with Gasteiger partial charge in [-0.05, 0) is 43.1 Å². The lowest BCUT2D eigenvalue weighted by Crippen LogP contribution is -2.48. The van der Waals surface area contributed by atoms with Crippen molar-refractivity contribution in [1.82, 2.24) is 19.4 Å². The van der Waals surface area contributed by atoms with E-state index in [1.54, 1.807) is 7.11 Å². The molecule has 2 fully saturated rings. The summed E-state index contributed by atoms with van der Waals surface area (Å²) in [5.41, 5.74) is 2.80. The van der Waals surface area contributed by atoms with Gasteiger partial charge in [0.25, 0.3) is 0 Å². The average Bonchev–Trinajstić information content (AvgIpc) is 3.32. The molecule has 2 aromatic rings. The molecule has 0 saturated carbocycles. The molecule has 2 aliphatic rings. The number of piperidine rings is 1. The van der Waals surface area contributed by atoms with E-state index in [9.17, 15) is 13.5 Å². The molecule has 2 unspecified atom stereocenters. The monoisotopic (exact) mass is 420 g/mol. The van der Waals surface area contributed by atoms with Crippen LogP contribution in [-0.2, 0) is 16.6 Å². The number of aliphatic hydroxyl groups is 1. The Morgan fingerprint density at radius 2 is 2.07 bits per heavy atom. The van der Waals surface area contributed by atoms with Crippen molar-refractivity contribution < 1.29 is 18.3 Å². The minimum absolute atomic E-state index is 0.0281. The maximum atomic E-state index is 12.0. The molecule has 9 heteroatoms. The van der Waals surface area contributed by atoms with Crippen LogP contribution in [0.15, 0.2) is 30.5 Å². The van der Waals surface area contributed by atoms with Gasteiger partial charge in [-0.3, -0.25) is 10.00 Å². The Labute approximate surface area is 171 Å². The summed E-state index contributed by atoms with van der Waals surface area (Å²) in [6.45, 7) is 3.24. The lowest BCUT2D eigenvalue weighted by Gasteiger charge is -2.42. The number of methoxy groups -OCH3 is 1. The Balaban J connectivity index is 1.49. The van der Waals surface area contributed by atoms with Gasteiger partial charge in [-0.25, -0.2) is 12.7 Å². The summed E-state index contributed by atoms with van der Waals surface area (Å²) >= 11 is 0. The predicted molar refractivity (Wildman–Crippen MR) is 110 cm³/mol. The number of H-pyrrole nitrogens is 1. The Hall–Kier alpha value is -1.94. The molecule has 2 aliphatic heterocycles. The molecule has 2 saturated heterocycles. The number of aromatic amines is 1. The minimum atomic E-state index is -3.25. The molecule has 1 aromatic carbocycles. The average molecular weight is 421 g/mol. The lowest BCUT2D eigenvalue weighted by atomic mass is 9.73. The van der Waals surface area contributed by atoms with Crippen molar-refractivity contribution in [3.05, 3.63) is 36.0 Å². The van der Waals surface area contributed by atoms with Crippen LogP contribution in [0.2, 0.25) is 0 Å². The number of ether oxygens (including phenoxy) is 1. The standard InChI is InChI=1S/C20H28N4O4S/c1-28-18-5-3-15(4-6-18)19-16(9-21-22-19)10-23-8-7-20(14-25)13-24(29(2,26)27)12-17(20)11-23/h3-6,9,17,25H,7-8,10-14H2,1-2H3,(H,21,22). The Bertz CT molecular complexity index is 959. The van der Waals surface area contributed by atoms with E-state index in [4.69, 9.17) is 4.74 Å². The summed E-state index contributed by atoms with van der Waals surface area (Å²) in [6, 6.07) is 7.86. The number of fused-ring (bicyclic) bond motifs is 1. The zero-order valence-corrected chi connectivity index (χ0v) is 17.7. The van der Waals surface area contributed by atoms with Gasteiger partial charge in [0, 0.05) is 42.7 Å². The molecule has 3 heterocycles. The van der Waals surface area contributed by atoms with E-state index in [-0.39, 0.29) is 17.9 Å². The predicted octanol–water partition coefficient (Wildman–Crippen LogP) is 1.16. The van der Waals surface area contributed by atoms with Crippen molar-refractivity contribution in [2.75, 3.05) is 46.2 Å². The smallest absolute Gasteiger partial charge is 0.211 e. The molecule has 1 aromatic heterocycles. The Morgan fingerprint density at radius 1 is 1.31 bits per heavy atom. The normalized spacial score (nSPS) is 25.8. The zero-order valence-electron chi connectivity index (χ0n) is 16.8. The zero-order chi connectivity index (χ0) is 20.6. The van der Waals surface area contributed by atoms with Gasteiger partial charge in [0.15, 0.2) is 0 Å². The number of hydrogen-bond acceptors (Lipinski definition) is 6.